The van der Waals surface area contributed by atoms with Crippen LogP contribution in [-0.2, 0) is 0 Å². The Morgan fingerprint density at radius 2 is 2.55 bits per heavy atom. The fourth-order valence-corrected chi connectivity index (χ4v) is 1.06. The maximum atomic E-state index is 4.05. The lowest BCUT2D eigenvalue weighted by Gasteiger charge is -2.08. The van der Waals surface area contributed by atoms with Crippen LogP contribution in [0.2, 0.25) is 0 Å². The summed E-state index contributed by atoms with van der Waals surface area (Å²) < 4.78 is 1.97. The molecule has 2 heteroatoms. The van der Waals surface area contributed by atoms with Crippen molar-refractivity contribution < 1.29 is 0 Å². The van der Waals surface area contributed by atoms with Crippen LogP contribution in [0.4, 0.5) is 0 Å². The Balaban J connectivity index is 2.92. The highest BCUT2D eigenvalue weighted by Crippen LogP contribution is 2.17. The highest BCUT2D eigenvalue weighted by atomic mass is 15.0. The van der Waals surface area contributed by atoms with Crippen molar-refractivity contribution in [3.05, 3.63) is 24.8 Å². The number of nitrogens with zero attached hydrogens (tertiary/aromatic N) is 2. The summed E-state index contributed by atoms with van der Waals surface area (Å²) in [6, 6.07) is 0. The molecule has 1 unspecified atom stereocenters. The average molecular weight is 150 g/mol. The van der Waals surface area contributed by atoms with E-state index in [1.54, 1.807) is 12.5 Å². The molecule has 0 amide bonds. The molecular formula is C9H14N2. The second-order valence-electron chi connectivity index (χ2n) is 2.72. The van der Waals surface area contributed by atoms with Gasteiger partial charge in [0.1, 0.15) is 0 Å². The Bertz CT molecular complexity index is 237. The van der Waals surface area contributed by atoms with Gasteiger partial charge in [-0.25, -0.2) is 4.98 Å². The van der Waals surface area contributed by atoms with E-state index in [-0.39, 0.29) is 0 Å². The fraction of sp³-hybridized carbons (Fsp3) is 0.444. The van der Waals surface area contributed by atoms with Gasteiger partial charge in [-0.15, -0.1) is 0 Å². The van der Waals surface area contributed by atoms with Crippen LogP contribution in [-0.4, -0.2) is 9.55 Å². The second-order valence-corrected chi connectivity index (χ2v) is 2.72. The molecule has 1 aromatic heterocycles. The van der Waals surface area contributed by atoms with Gasteiger partial charge in [0, 0.05) is 18.1 Å². The molecule has 1 rings (SSSR count). The maximum absolute atomic E-state index is 4.05. The summed E-state index contributed by atoms with van der Waals surface area (Å²) in [4.78, 5) is 4.05. The van der Waals surface area contributed by atoms with Gasteiger partial charge in [0.2, 0.25) is 0 Å². The van der Waals surface area contributed by atoms with Crippen molar-refractivity contribution >= 4 is 6.20 Å². The van der Waals surface area contributed by atoms with Crippen molar-refractivity contribution in [2.45, 2.75) is 26.2 Å². The van der Waals surface area contributed by atoms with Gasteiger partial charge in [0.15, 0.2) is 0 Å². The number of imidazole rings is 1. The molecule has 2 nitrogen and oxygen atoms in total. The van der Waals surface area contributed by atoms with Gasteiger partial charge in [-0.05, 0) is 12.3 Å². The molecule has 0 fully saturated rings. The lowest BCUT2D eigenvalue weighted by atomic mass is 10.1. The average Bonchev–Trinajstić information content (AvgIpc) is 2.50. The van der Waals surface area contributed by atoms with Gasteiger partial charge in [0.25, 0.3) is 0 Å². The predicted molar refractivity (Wildman–Crippen MR) is 47.3 cm³/mol. The zero-order valence-corrected chi connectivity index (χ0v) is 7.12. The third-order valence-electron chi connectivity index (χ3n) is 2.01. The van der Waals surface area contributed by atoms with Gasteiger partial charge in [-0.2, -0.15) is 0 Å². The van der Waals surface area contributed by atoms with Crippen molar-refractivity contribution in [2.24, 2.45) is 0 Å². The Morgan fingerprint density at radius 3 is 3.09 bits per heavy atom. The van der Waals surface area contributed by atoms with Gasteiger partial charge in [0.05, 0.1) is 6.33 Å². The minimum atomic E-state index is 0.565. The van der Waals surface area contributed by atoms with Crippen molar-refractivity contribution in [2.75, 3.05) is 0 Å². The van der Waals surface area contributed by atoms with E-state index in [0.29, 0.717) is 5.92 Å². The molecule has 0 aromatic carbocycles. The third-order valence-corrected chi connectivity index (χ3v) is 2.01. The van der Waals surface area contributed by atoms with Crippen molar-refractivity contribution in [3.8, 4) is 0 Å². The topological polar surface area (TPSA) is 17.8 Å². The summed E-state index contributed by atoms with van der Waals surface area (Å²) in [7, 11) is 0. The Labute approximate surface area is 67.6 Å². The molecular weight excluding hydrogens is 136 g/mol. The molecule has 0 radical (unpaired) electrons. The van der Waals surface area contributed by atoms with Crippen LogP contribution in [0.25, 0.3) is 6.20 Å². The first-order valence-electron chi connectivity index (χ1n) is 3.93. The molecule has 0 saturated heterocycles. The smallest absolute Gasteiger partial charge is 0.0989 e. The highest BCUT2D eigenvalue weighted by Gasteiger charge is 2.06. The molecule has 0 bridgehead atoms. The number of rotatable bonds is 3. The van der Waals surface area contributed by atoms with Gasteiger partial charge in [-0.1, -0.05) is 20.4 Å². The van der Waals surface area contributed by atoms with E-state index in [1.165, 1.54) is 5.69 Å². The van der Waals surface area contributed by atoms with Gasteiger partial charge in [-0.3, -0.25) is 0 Å². The predicted octanol–water partition coefficient (Wildman–Crippen LogP) is 2.50. The number of hydrogen-bond acceptors (Lipinski definition) is 1. The van der Waals surface area contributed by atoms with E-state index in [2.05, 4.69) is 25.4 Å². The molecule has 0 saturated carbocycles. The van der Waals surface area contributed by atoms with Crippen LogP contribution in [0.15, 0.2) is 19.1 Å². The van der Waals surface area contributed by atoms with Crippen molar-refractivity contribution in [1.29, 1.82) is 0 Å². The summed E-state index contributed by atoms with van der Waals surface area (Å²) in [5.74, 6) is 0.565. The van der Waals surface area contributed by atoms with E-state index in [4.69, 9.17) is 0 Å². The fourth-order valence-electron chi connectivity index (χ4n) is 1.06. The van der Waals surface area contributed by atoms with E-state index in [0.717, 1.165) is 6.42 Å². The minimum absolute atomic E-state index is 0.565. The SMILES string of the molecule is C=Cn1cncc1C(C)CC. The zero-order chi connectivity index (χ0) is 8.27. The van der Waals surface area contributed by atoms with Crippen molar-refractivity contribution in [3.63, 3.8) is 0 Å². The maximum Gasteiger partial charge on any atom is 0.0989 e. The van der Waals surface area contributed by atoms with Crippen LogP contribution in [0.5, 0.6) is 0 Å². The molecule has 1 aromatic rings. The lowest BCUT2D eigenvalue weighted by Crippen LogP contribution is -1.97. The first-order valence-corrected chi connectivity index (χ1v) is 3.93. The molecule has 1 atom stereocenters. The Hall–Kier alpha value is -1.05. The molecule has 0 N–H and O–H groups in total. The number of hydrogen-bond donors (Lipinski definition) is 0. The molecule has 0 aliphatic heterocycles. The molecule has 0 spiro atoms. The quantitative estimate of drug-likeness (QED) is 0.647. The van der Waals surface area contributed by atoms with E-state index >= 15 is 0 Å². The van der Waals surface area contributed by atoms with E-state index in [9.17, 15) is 0 Å². The summed E-state index contributed by atoms with van der Waals surface area (Å²) in [6.45, 7) is 8.07. The summed E-state index contributed by atoms with van der Waals surface area (Å²) in [5, 5.41) is 0. The highest BCUT2D eigenvalue weighted by molar-refractivity contribution is 5.23. The Morgan fingerprint density at radius 1 is 1.82 bits per heavy atom. The van der Waals surface area contributed by atoms with Gasteiger partial charge < -0.3 is 4.57 Å². The summed E-state index contributed by atoms with van der Waals surface area (Å²) in [6.07, 6.45) is 6.61. The largest absolute Gasteiger partial charge is 0.310 e. The first-order chi connectivity index (χ1) is 5.29. The monoisotopic (exact) mass is 150 g/mol. The second kappa shape index (κ2) is 3.37. The minimum Gasteiger partial charge on any atom is -0.310 e. The van der Waals surface area contributed by atoms with Gasteiger partial charge >= 0.3 is 0 Å². The van der Waals surface area contributed by atoms with E-state index in [1.807, 2.05) is 10.8 Å². The van der Waals surface area contributed by atoms with Crippen molar-refractivity contribution in [1.82, 2.24) is 9.55 Å². The van der Waals surface area contributed by atoms with Crippen LogP contribution in [0.3, 0.4) is 0 Å². The molecule has 60 valence electrons. The van der Waals surface area contributed by atoms with Crippen LogP contribution < -0.4 is 0 Å². The normalized spacial score (nSPS) is 12.9. The molecule has 11 heavy (non-hydrogen) atoms. The zero-order valence-electron chi connectivity index (χ0n) is 7.12. The molecule has 0 aliphatic carbocycles. The van der Waals surface area contributed by atoms with Crippen LogP contribution in [0, 0.1) is 0 Å². The van der Waals surface area contributed by atoms with Crippen LogP contribution >= 0.6 is 0 Å². The molecule has 1 heterocycles. The summed E-state index contributed by atoms with van der Waals surface area (Å²) in [5.41, 5.74) is 1.24. The van der Waals surface area contributed by atoms with E-state index < -0.39 is 0 Å². The summed E-state index contributed by atoms with van der Waals surface area (Å²) >= 11 is 0. The standard InChI is InChI=1S/C9H14N2/c1-4-8(3)9-6-10-7-11(9)5-2/h5-8H,2,4H2,1,3H3. The number of aromatic nitrogens is 2. The third kappa shape index (κ3) is 1.50. The Kier molecular flexibility index (Phi) is 2.47. The first kappa shape index (κ1) is 8.05. The lowest BCUT2D eigenvalue weighted by molar-refractivity contribution is 0.697. The molecule has 0 aliphatic rings. The van der Waals surface area contributed by atoms with Crippen LogP contribution in [0.1, 0.15) is 31.9 Å².